The molecule has 0 atom stereocenters. The minimum absolute atomic E-state index is 0.803. The number of nitrogens with one attached hydrogen (secondary N) is 1. The van der Waals surface area contributed by atoms with Crippen LogP contribution in [-0.4, -0.2) is 0 Å². The van der Waals surface area contributed by atoms with Crippen LogP contribution in [0.4, 0.5) is 11.4 Å². The van der Waals surface area contributed by atoms with Gasteiger partial charge in [-0.15, -0.1) is 0 Å². The summed E-state index contributed by atoms with van der Waals surface area (Å²) in [7, 11) is 0. The van der Waals surface area contributed by atoms with Gasteiger partial charge in [-0.05, 0) is 47.2 Å². The number of ether oxygens (including phenoxy) is 1. The molecule has 0 aliphatic rings. The van der Waals surface area contributed by atoms with Crippen molar-refractivity contribution in [3.63, 3.8) is 0 Å². The SMILES string of the molecule is c1ccc(Oc2ccccc2Nc2ccc3ccccc3c2)cc1. The van der Waals surface area contributed by atoms with E-state index in [4.69, 9.17) is 4.74 Å². The zero-order chi connectivity index (χ0) is 16.2. The van der Waals surface area contributed by atoms with Crippen molar-refractivity contribution in [2.24, 2.45) is 0 Å². The summed E-state index contributed by atoms with van der Waals surface area (Å²) >= 11 is 0. The van der Waals surface area contributed by atoms with Crippen molar-refractivity contribution >= 4 is 22.1 Å². The molecule has 116 valence electrons. The lowest BCUT2D eigenvalue weighted by Gasteiger charge is -2.13. The average Bonchev–Trinajstić information content (AvgIpc) is 2.64. The summed E-state index contributed by atoms with van der Waals surface area (Å²) in [5.74, 6) is 1.63. The molecule has 0 bridgehead atoms. The Morgan fingerprint density at radius 3 is 2.17 bits per heavy atom. The molecule has 0 aromatic heterocycles. The molecule has 0 amide bonds. The summed E-state index contributed by atoms with van der Waals surface area (Å²) in [5, 5.41) is 5.91. The zero-order valence-corrected chi connectivity index (χ0v) is 13.1. The van der Waals surface area contributed by atoms with Crippen LogP contribution in [0.1, 0.15) is 0 Å². The van der Waals surface area contributed by atoms with E-state index in [0.29, 0.717) is 0 Å². The normalized spacial score (nSPS) is 10.5. The second kappa shape index (κ2) is 6.47. The highest BCUT2D eigenvalue weighted by molar-refractivity contribution is 5.86. The Labute approximate surface area is 141 Å². The van der Waals surface area contributed by atoms with Crippen molar-refractivity contribution in [3.05, 3.63) is 97.1 Å². The first-order valence-corrected chi connectivity index (χ1v) is 7.96. The van der Waals surface area contributed by atoms with Crippen molar-refractivity contribution in [2.75, 3.05) is 5.32 Å². The molecule has 0 aliphatic carbocycles. The molecule has 2 nitrogen and oxygen atoms in total. The fraction of sp³-hybridized carbons (Fsp3) is 0. The highest BCUT2D eigenvalue weighted by Crippen LogP contribution is 2.32. The minimum atomic E-state index is 0.803. The standard InChI is InChI=1S/C22H17NO/c1-2-10-20(11-3-1)24-22-13-7-6-12-21(22)23-19-15-14-17-8-4-5-9-18(17)16-19/h1-16,23H. The smallest absolute Gasteiger partial charge is 0.150 e. The van der Waals surface area contributed by atoms with Crippen LogP contribution in [0, 0.1) is 0 Å². The van der Waals surface area contributed by atoms with E-state index in [0.717, 1.165) is 22.9 Å². The summed E-state index contributed by atoms with van der Waals surface area (Å²) in [6.45, 7) is 0. The first-order chi connectivity index (χ1) is 11.9. The van der Waals surface area contributed by atoms with E-state index in [1.54, 1.807) is 0 Å². The molecule has 2 heteroatoms. The number of benzene rings is 4. The van der Waals surface area contributed by atoms with Crippen molar-refractivity contribution < 1.29 is 4.74 Å². The molecule has 0 saturated carbocycles. The number of para-hydroxylation sites is 3. The third kappa shape index (κ3) is 3.08. The highest BCUT2D eigenvalue weighted by atomic mass is 16.5. The van der Waals surface area contributed by atoms with Crippen molar-refractivity contribution in [2.45, 2.75) is 0 Å². The van der Waals surface area contributed by atoms with E-state index < -0.39 is 0 Å². The molecule has 0 saturated heterocycles. The summed E-state index contributed by atoms with van der Waals surface area (Å²) in [6.07, 6.45) is 0. The molecule has 24 heavy (non-hydrogen) atoms. The maximum absolute atomic E-state index is 6.01. The molecule has 4 aromatic rings. The van der Waals surface area contributed by atoms with Gasteiger partial charge in [0.2, 0.25) is 0 Å². The number of rotatable bonds is 4. The summed E-state index contributed by atoms with van der Waals surface area (Å²) in [6, 6.07) is 32.5. The molecule has 0 radical (unpaired) electrons. The maximum atomic E-state index is 6.01. The Morgan fingerprint density at radius 2 is 1.29 bits per heavy atom. The van der Waals surface area contributed by atoms with Gasteiger partial charge in [-0.1, -0.05) is 60.7 Å². The van der Waals surface area contributed by atoms with E-state index in [1.807, 2.05) is 54.6 Å². The second-order valence-electron chi connectivity index (χ2n) is 5.60. The molecule has 0 spiro atoms. The van der Waals surface area contributed by atoms with Crippen molar-refractivity contribution in [1.29, 1.82) is 0 Å². The van der Waals surface area contributed by atoms with E-state index in [9.17, 15) is 0 Å². The summed E-state index contributed by atoms with van der Waals surface area (Å²) < 4.78 is 6.01. The van der Waals surface area contributed by atoms with Crippen LogP contribution in [0.2, 0.25) is 0 Å². The van der Waals surface area contributed by atoms with Gasteiger partial charge < -0.3 is 10.1 Å². The molecule has 0 fully saturated rings. The Morgan fingerprint density at radius 1 is 0.583 bits per heavy atom. The number of fused-ring (bicyclic) bond motifs is 1. The van der Waals surface area contributed by atoms with Gasteiger partial charge in [0.25, 0.3) is 0 Å². The van der Waals surface area contributed by atoms with Crippen LogP contribution in [0.5, 0.6) is 11.5 Å². The number of hydrogen-bond donors (Lipinski definition) is 1. The van der Waals surface area contributed by atoms with Crippen LogP contribution < -0.4 is 10.1 Å². The lowest BCUT2D eigenvalue weighted by molar-refractivity contribution is 0.485. The first kappa shape index (κ1) is 14.3. The lowest BCUT2D eigenvalue weighted by Crippen LogP contribution is -1.94. The summed E-state index contributed by atoms with van der Waals surface area (Å²) in [5.41, 5.74) is 1.98. The van der Waals surface area contributed by atoms with E-state index in [-0.39, 0.29) is 0 Å². The summed E-state index contributed by atoms with van der Waals surface area (Å²) in [4.78, 5) is 0. The minimum Gasteiger partial charge on any atom is -0.455 e. The Bertz CT molecular complexity index is 963. The van der Waals surface area contributed by atoms with Gasteiger partial charge in [0.15, 0.2) is 5.75 Å². The molecular weight excluding hydrogens is 294 g/mol. The highest BCUT2D eigenvalue weighted by Gasteiger charge is 2.05. The predicted octanol–water partition coefficient (Wildman–Crippen LogP) is 6.38. The average molecular weight is 311 g/mol. The Hall–Kier alpha value is -3.26. The number of anilines is 2. The lowest BCUT2D eigenvalue weighted by atomic mass is 10.1. The second-order valence-corrected chi connectivity index (χ2v) is 5.60. The van der Waals surface area contributed by atoms with E-state index in [2.05, 4.69) is 47.8 Å². The van der Waals surface area contributed by atoms with Crippen molar-refractivity contribution in [1.82, 2.24) is 0 Å². The van der Waals surface area contributed by atoms with E-state index >= 15 is 0 Å². The van der Waals surface area contributed by atoms with E-state index in [1.165, 1.54) is 10.8 Å². The largest absolute Gasteiger partial charge is 0.455 e. The van der Waals surface area contributed by atoms with Gasteiger partial charge in [0.05, 0.1) is 5.69 Å². The van der Waals surface area contributed by atoms with Crippen LogP contribution in [-0.2, 0) is 0 Å². The van der Waals surface area contributed by atoms with Gasteiger partial charge in [-0.25, -0.2) is 0 Å². The first-order valence-electron chi connectivity index (χ1n) is 7.96. The third-order valence-electron chi connectivity index (χ3n) is 3.89. The van der Waals surface area contributed by atoms with Crippen LogP contribution >= 0.6 is 0 Å². The maximum Gasteiger partial charge on any atom is 0.150 e. The molecule has 4 rings (SSSR count). The van der Waals surface area contributed by atoms with Crippen LogP contribution in [0.15, 0.2) is 97.1 Å². The molecule has 0 aliphatic heterocycles. The quantitative estimate of drug-likeness (QED) is 0.472. The number of hydrogen-bond acceptors (Lipinski definition) is 2. The van der Waals surface area contributed by atoms with Gasteiger partial charge in [-0.3, -0.25) is 0 Å². The Balaban J connectivity index is 1.64. The molecule has 0 unspecified atom stereocenters. The molecular formula is C22H17NO. The molecule has 4 aromatic carbocycles. The van der Waals surface area contributed by atoms with Gasteiger partial charge >= 0.3 is 0 Å². The fourth-order valence-corrected chi connectivity index (χ4v) is 2.70. The van der Waals surface area contributed by atoms with Crippen molar-refractivity contribution in [3.8, 4) is 11.5 Å². The third-order valence-corrected chi connectivity index (χ3v) is 3.89. The van der Waals surface area contributed by atoms with Crippen LogP contribution in [0.25, 0.3) is 10.8 Å². The van der Waals surface area contributed by atoms with Gasteiger partial charge in [0.1, 0.15) is 5.75 Å². The monoisotopic (exact) mass is 311 g/mol. The molecule has 0 heterocycles. The van der Waals surface area contributed by atoms with Crippen LogP contribution in [0.3, 0.4) is 0 Å². The molecule has 1 N–H and O–H groups in total. The Kier molecular flexibility index (Phi) is 3.86. The topological polar surface area (TPSA) is 21.3 Å². The van der Waals surface area contributed by atoms with Gasteiger partial charge in [-0.2, -0.15) is 0 Å². The predicted molar refractivity (Wildman–Crippen MR) is 100 cm³/mol. The fourth-order valence-electron chi connectivity index (χ4n) is 2.70. The zero-order valence-electron chi connectivity index (χ0n) is 13.1. The van der Waals surface area contributed by atoms with Gasteiger partial charge in [0, 0.05) is 5.69 Å².